The molecular weight excluding hydrogens is 168 g/mol. The van der Waals surface area contributed by atoms with Crippen LogP contribution in [0.3, 0.4) is 0 Å². The van der Waals surface area contributed by atoms with Gasteiger partial charge in [-0.3, -0.25) is 4.79 Å². The third kappa shape index (κ3) is 2.00. The smallest absolute Gasteiger partial charge is 0.254 e. The van der Waals surface area contributed by atoms with E-state index in [1.807, 2.05) is 0 Å². The monoisotopic (exact) mass is 186 g/mol. The van der Waals surface area contributed by atoms with Gasteiger partial charge < -0.3 is 15.0 Å². The molecule has 0 unspecified atom stereocenters. The van der Waals surface area contributed by atoms with Gasteiger partial charge in [-0.1, -0.05) is 0 Å². The van der Waals surface area contributed by atoms with Crippen LogP contribution in [0.2, 0.25) is 0 Å². The highest BCUT2D eigenvalue weighted by Crippen LogP contribution is 2.24. The van der Waals surface area contributed by atoms with E-state index in [0.717, 1.165) is 25.9 Å². The van der Waals surface area contributed by atoms with Crippen LogP contribution in [0.15, 0.2) is 0 Å². The zero-order chi connectivity index (χ0) is 9.90. The molecule has 13 heavy (non-hydrogen) atoms. The lowest BCUT2D eigenvalue weighted by Crippen LogP contribution is -2.53. The quantitative estimate of drug-likeness (QED) is 0.651. The number of carbonyl (C=O) groups is 1. The molecule has 1 amide bonds. The Morgan fingerprint density at radius 1 is 1.38 bits per heavy atom. The van der Waals surface area contributed by atoms with Gasteiger partial charge in [0, 0.05) is 21.2 Å². The van der Waals surface area contributed by atoms with Crippen LogP contribution < -0.4 is 5.32 Å². The van der Waals surface area contributed by atoms with Gasteiger partial charge in [-0.05, 0) is 25.9 Å². The van der Waals surface area contributed by atoms with Crippen molar-refractivity contribution in [1.29, 1.82) is 0 Å². The summed E-state index contributed by atoms with van der Waals surface area (Å²) in [6, 6.07) is 0. The molecule has 0 aliphatic carbocycles. The molecule has 0 aromatic heterocycles. The molecule has 1 heterocycles. The molecule has 0 radical (unpaired) electrons. The standard InChI is InChI=1S/C9H18N2O2/c1-11(2)8(12)9(13-3)4-6-10-7-5-9/h10H,4-7H2,1-3H3. The third-order valence-corrected chi connectivity index (χ3v) is 2.60. The molecule has 1 N–H and O–H groups in total. The van der Waals surface area contributed by atoms with Crippen LogP contribution in [0.4, 0.5) is 0 Å². The van der Waals surface area contributed by atoms with Gasteiger partial charge in [-0.2, -0.15) is 0 Å². The minimum atomic E-state index is -0.575. The number of ether oxygens (including phenoxy) is 1. The Balaban J connectivity index is 2.72. The summed E-state index contributed by atoms with van der Waals surface area (Å²) in [6.07, 6.45) is 1.53. The third-order valence-electron chi connectivity index (χ3n) is 2.60. The molecule has 1 fully saturated rings. The van der Waals surface area contributed by atoms with E-state index >= 15 is 0 Å². The van der Waals surface area contributed by atoms with E-state index in [2.05, 4.69) is 5.32 Å². The number of hydrogen-bond acceptors (Lipinski definition) is 3. The average Bonchev–Trinajstić information content (AvgIpc) is 2.17. The van der Waals surface area contributed by atoms with Crippen LogP contribution in [-0.2, 0) is 9.53 Å². The second-order valence-corrected chi connectivity index (χ2v) is 3.65. The second kappa shape index (κ2) is 4.07. The van der Waals surface area contributed by atoms with Gasteiger partial charge in [0.25, 0.3) is 5.91 Å². The van der Waals surface area contributed by atoms with Crippen molar-refractivity contribution in [2.45, 2.75) is 18.4 Å². The molecular formula is C9H18N2O2. The fourth-order valence-electron chi connectivity index (χ4n) is 1.74. The van der Waals surface area contributed by atoms with Crippen molar-refractivity contribution in [2.75, 3.05) is 34.3 Å². The molecule has 0 atom stereocenters. The molecule has 0 bridgehead atoms. The van der Waals surface area contributed by atoms with Gasteiger partial charge in [0.05, 0.1) is 0 Å². The van der Waals surface area contributed by atoms with Crippen molar-refractivity contribution >= 4 is 5.91 Å². The van der Waals surface area contributed by atoms with Gasteiger partial charge in [0.15, 0.2) is 0 Å². The molecule has 76 valence electrons. The van der Waals surface area contributed by atoms with Crippen LogP contribution >= 0.6 is 0 Å². The number of carbonyl (C=O) groups excluding carboxylic acids is 1. The number of piperidine rings is 1. The van der Waals surface area contributed by atoms with E-state index in [0.29, 0.717) is 0 Å². The van der Waals surface area contributed by atoms with E-state index in [9.17, 15) is 4.79 Å². The van der Waals surface area contributed by atoms with Crippen LogP contribution in [0.5, 0.6) is 0 Å². The summed E-state index contributed by atoms with van der Waals surface area (Å²) < 4.78 is 5.37. The Labute approximate surface area is 79.2 Å². The largest absolute Gasteiger partial charge is 0.368 e. The molecule has 0 saturated carbocycles. The van der Waals surface area contributed by atoms with Crippen molar-refractivity contribution in [3.63, 3.8) is 0 Å². The van der Waals surface area contributed by atoms with E-state index in [-0.39, 0.29) is 5.91 Å². The van der Waals surface area contributed by atoms with Gasteiger partial charge in [-0.25, -0.2) is 0 Å². The van der Waals surface area contributed by atoms with Crippen LogP contribution in [0.25, 0.3) is 0 Å². The van der Waals surface area contributed by atoms with Crippen molar-refractivity contribution in [1.82, 2.24) is 10.2 Å². The summed E-state index contributed by atoms with van der Waals surface area (Å²) in [7, 11) is 5.16. The summed E-state index contributed by atoms with van der Waals surface area (Å²) in [5, 5.41) is 3.22. The molecule has 0 spiro atoms. The Kier molecular flexibility index (Phi) is 3.27. The Morgan fingerprint density at radius 2 is 1.92 bits per heavy atom. The molecule has 1 rings (SSSR count). The maximum Gasteiger partial charge on any atom is 0.254 e. The molecule has 4 nitrogen and oxygen atoms in total. The SMILES string of the molecule is COC1(C(=O)N(C)C)CCNCC1. The zero-order valence-corrected chi connectivity index (χ0v) is 8.59. The van der Waals surface area contributed by atoms with Crippen LogP contribution in [0.1, 0.15) is 12.8 Å². The summed E-state index contributed by atoms with van der Waals surface area (Å²) in [5.74, 6) is 0.0801. The molecule has 1 saturated heterocycles. The molecule has 1 aliphatic rings. The number of methoxy groups -OCH3 is 1. The first kappa shape index (κ1) is 10.5. The van der Waals surface area contributed by atoms with Crippen molar-refractivity contribution < 1.29 is 9.53 Å². The summed E-state index contributed by atoms with van der Waals surface area (Å²) in [6.45, 7) is 1.71. The van der Waals surface area contributed by atoms with E-state index in [4.69, 9.17) is 4.74 Å². The summed E-state index contributed by atoms with van der Waals surface area (Å²) in [4.78, 5) is 13.4. The number of likely N-dealkylation sites (N-methyl/N-ethyl adjacent to an activating group) is 1. The minimum absolute atomic E-state index is 0.0801. The summed E-state index contributed by atoms with van der Waals surface area (Å²) in [5.41, 5.74) is -0.575. The van der Waals surface area contributed by atoms with E-state index in [1.54, 1.807) is 26.1 Å². The van der Waals surface area contributed by atoms with Gasteiger partial charge in [-0.15, -0.1) is 0 Å². The Morgan fingerprint density at radius 3 is 2.31 bits per heavy atom. The lowest BCUT2D eigenvalue weighted by molar-refractivity contribution is -0.155. The highest BCUT2D eigenvalue weighted by Gasteiger charge is 2.40. The Hall–Kier alpha value is -0.610. The van der Waals surface area contributed by atoms with Gasteiger partial charge in [0.1, 0.15) is 5.60 Å². The molecule has 0 aromatic carbocycles. The van der Waals surface area contributed by atoms with Gasteiger partial charge >= 0.3 is 0 Å². The van der Waals surface area contributed by atoms with Crippen molar-refractivity contribution in [3.8, 4) is 0 Å². The minimum Gasteiger partial charge on any atom is -0.368 e. The first-order valence-electron chi connectivity index (χ1n) is 4.60. The highest BCUT2D eigenvalue weighted by molar-refractivity contribution is 5.85. The summed E-state index contributed by atoms with van der Waals surface area (Å²) >= 11 is 0. The van der Waals surface area contributed by atoms with Crippen LogP contribution in [0, 0.1) is 0 Å². The highest BCUT2D eigenvalue weighted by atomic mass is 16.5. The van der Waals surface area contributed by atoms with E-state index < -0.39 is 5.60 Å². The lowest BCUT2D eigenvalue weighted by atomic mass is 9.91. The number of nitrogens with one attached hydrogen (secondary N) is 1. The van der Waals surface area contributed by atoms with E-state index in [1.165, 1.54) is 0 Å². The fourth-order valence-corrected chi connectivity index (χ4v) is 1.74. The molecule has 1 aliphatic heterocycles. The number of hydrogen-bond donors (Lipinski definition) is 1. The number of nitrogens with zero attached hydrogens (tertiary/aromatic N) is 1. The predicted molar refractivity (Wildman–Crippen MR) is 50.5 cm³/mol. The fraction of sp³-hybridized carbons (Fsp3) is 0.889. The topological polar surface area (TPSA) is 41.6 Å². The lowest BCUT2D eigenvalue weighted by Gasteiger charge is -2.36. The van der Waals surface area contributed by atoms with Crippen molar-refractivity contribution in [3.05, 3.63) is 0 Å². The average molecular weight is 186 g/mol. The second-order valence-electron chi connectivity index (χ2n) is 3.65. The maximum atomic E-state index is 11.8. The molecule has 0 aromatic rings. The number of amides is 1. The van der Waals surface area contributed by atoms with Gasteiger partial charge in [0.2, 0.25) is 0 Å². The Bertz CT molecular complexity index is 186. The van der Waals surface area contributed by atoms with Crippen LogP contribution in [-0.4, -0.2) is 50.7 Å². The first-order chi connectivity index (χ1) is 6.12. The maximum absolute atomic E-state index is 11.8. The number of rotatable bonds is 2. The first-order valence-corrected chi connectivity index (χ1v) is 4.60. The van der Waals surface area contributed by atoms with Crippen molar-refractivity contribution in [2.24, 2.45) is 0 Å². The zero-order valence-electron chi connectivity index (χ0n) is 8.59. The normalized spacial score (nSPS) is 21.2. The predicted octanol–water partition coefficient (Wildman–Crippen LogP) is -0.157. The molecule has 4 heteroatoms.